The van der Waals surface area contributed by atoms with Gasteiger partial charge in [-0.3, -0.25) is 14.9 Å². The standard InChI is InChI=1S/C21H21N5O4S2/c1-9-4-5-13-12(6-9)7-14(32-13)19-25-26-21(30-19)31-8-15(27)22-20-17-16(11(3)29-20)10(2)23-24-18(17)28/h7,9H,4-6,8H2,1-3H3,(H,22,27)(H,24,28)/t9-/m0/s1. The smallest absolute Gasteiger partial charge is 0.277 e. The number of aryl methyl sites for hydroxylation is 3. The van der Waals surface area contributed by atoms with Gasteiger partial charge in [0, 0.05) is 4.88 Å². The Kier molecular flexibility index (Phi) is 5.38. The number of thiophene rings is 1. The van der Waals surface area contributed by atoms with E-state index in [2.05, 4.69) is 38.7 Å². The number of carbonyl (C=O) groups excluding carboxylic acids is 1. The van der Waals surface area contributed by atoms with Gasteiger partial charge in [-0.1, -0.05) is 18.7 Å². The third kappa shape index (κ3) is 3.86. The first kappa shape index (κ1) is 21.0. The molecule has 5 rings (SSSR count). The minimum absolute atomic E-state index is 0.0311. The molecule has 0 bridgehead atoms. The molecule has 0 aliphatic heterocycles. The second kappa shape index (κ2) is 8.21. The summed E-state index contributed by atoms with van der Waals surface area (Å²) in [5.41, 5.74) is 1.58. The number of rotatable bonds is 5. The summed E-state index contributed by atoms with van der Waals surface area (Å²) in [6.07, 6.45) is 3.39. The van der Waals surface area contributed by atoms with Crippen LogP contribution < -0.4 is 10.9 Å². The third-order valence-corrected chi connectivity index (χ3v) is 7.57. The molecule has 0 unspecified atom stereocenters. The van der Waals surface area contributed by atoms with Crippen LogP contribution in [0.3, 0.4) is 0 Å². The third-order valence-electron chi connectivity index (χ3n) is 5.52. The van der Waals surface area contributed by atoms with Crippen molar-refractivity contribution in [1.29, 1.82) is 0 Å². The van der Waals surface area contributed by atoms with Crippen LogP contribution in [0.5, 0.6) is 0 Å². The Hall–Kier alpha value is -2.92. The van der Waals surface area contributed by atoms with E-state index in [0.29, 0.717) is 33.9 Å². The first-order valence-electron chi connectivity index (χ1n) is 10.3. The number of nitrogens with zero attached hydrogens (tertiary/aromatic N) is 3. The predicted octanol–water partition coefficient (Wildman–Crippen LogP) is 4.10. The molecule has 4 aromatic rings. The quantitative estimate of drug-likeness (QED) is 0.417. The van der Waals surface area contributed by atoms with E-state index in [9.17, 15) is 9.59 Å². The summed E-state index contributed by atoms with van der Waals surface area (Å²) in [6, 6.07) is 2.14. The maximum atomic E-state index is 12.5. The Balaban J connectivity index is 1.26. The number of nitrogens with one attached hydrogen (secondary N) is 2. The summed E-state index contributed by atoms with van der Waals surface area (Å²) >= 11 is 2.83. The number of carbonyl (C=O) groups is 1. The molecule has 1 aliphatic carbocycles. The molecular weight excluding hydrogens is 450 g/mol. The summed E-state index contributed by atoms with van der Waals surface area (Å²) in [7, 11) is 0. The largest absolute Gasteiger partial charge is 0.444 e. The highest BCUT2D eigenvalue weighted by Crippen LogP contribution is 2.37. The number of hydrogen-bond donors (Lipinski definition) is 2. The van der Waals surface area contributed by atoms with Crippen LogP contribution in [0.4, 0.5) is 5.88 Å². The SMILES string of the molecule is Cc1n[nH]c(=O)c2c(NC(=O)CSc3nnc(-c4cc5c(s4)CC[C@H](C)C5)o3)oc(C)c12. The average molecular weight is 472 g/mol. The fourth-order valence-corrected chi connectivity index (χ4v) is 5.69. The van der Waals surface area contributed by atoms with Crippen molar-refractivity contribution in [2.24, 2.45) is 5.92 Å². The summed E-state index contributed by atoms with van der Waals surface area (Å²) in [6.45, 7) is 5.76. The topological polar surface area (TPSA) is 127 Å². The zero-order chi connectivity index (χ0) is 22.4. The first-order valence-corrected chi connectivity index (χ1v) is 12.1. The Morgan fingerprint density at radius 2 is 2.16 bits per heavy atom. The minimum Gasteiger partial charge on any atom is -0.444 e. The maximum Gasteiger partial charge on any atom is 0.277 e. The molecule has 1 atom stereocenters. The van der Waals surface area contributed by atoms with Gasteiger partial charge in [0.1, 0.15) is 11.1 Å². The highest BCUT2D eigenvalue weighted by atomic mass is 32.2. The molecule has 0 fully saturated rings. The van der Waals surface area contributed by atoms with Crippen LogP contribution >= 0.6 is 23.1 Å². The highest BCUT2D eigenvalue weighted by Gasteiger charge is 2.22. The Bertz CT molecular complexity index is 1380. The average Bonchev–Trinajstić information content (AvgIpc) is 3.46. The van der Waals surface area contributed by atoms with Crippen LogP contribution in [0.25, 0.3) is 21.5 Å². The molecular formula is C21H21N5O4S2. The molecule has 0 radical (unpaired) electrons. The summed E-state index contributed by atoms with van der Waals surface area (Å²) in [4.78, 5) is 27.0. The van der Waals surface area contributed by atoms with Crippen molar-refractivity contribution in [3.63, 3.8) is 0 Å². The van der Waals surface area contributed by atoms with E-state index in [1.54, 1.807) is 25.2 Å². The number of aromatic amines is 1. The lowest BCUT2D eigenvalue weighted by atomic mass is 9.90. The monoisotopic (exact) mass is 471 g/mol. The van der Waals surface area contributed by atoms with E-state index in [1.165, 1.54) is 16.9 Å². The Morgan fingerprint density at radius 3 is 3.00 bits per heavy atom. The van der Waals surface area contributed by atoms with Crippen LogP contribution in [0.2, 0.25) is 0 Å². The van der Waals surface area contributed by atoms with Crippen molar-refractivity contribution in [2.75, 3.05) is 11.1 Å². The molecule has 1 aliphatic rings. The number of thioether (sulfide) groups is 1. The van der Waals surface area contributed by atoms with Crippen molar-refractivity contribution in [2.45, 2.75) is 45.3 Å². The van der Waals surface area contributed by atoms with Gasteiger partial charge in [0.2, 0.25) is 11.8 Å². The molecule has 2 N–H and O–H groups in total. The number of anilines is 1. The molecule has 4 heterocycles. The van der Waals surface area contributed by atoms with Crippen molar-refractivity contribution in [1.82, 2.24) is 20.4 Å². The fourth-order valence-electron chi connectivity index (χ4n) is 4.00. The van der Waals surface area contributed by atoms with Crippen molar-refractivity contribution >= 4 is 45.7 Å². The van der Waals surface area contributed by atoms with E-state index < -0.39 is 5.56 Å². The minimum atomic E-state index is -0.417. The molecule has 0 saturated heterocycles. The van der Waals surface area contributed by atoms with Gasteiger partial charge in [0.05, 0.1) is 21.7 Å². The predicted molar refractivity (Wildman–Crippen MR) is 122 cm³/mol. The number of hydrogen-bond acceptors (Lipinski definition) is 9. The lowest BCUT2D eigenvalue weighted by Gasteiger charge is -2.16. The zero-order valence-electron chi connectivity index (χ0n) is 17.8. The van der Waals surface area contributed by atoms with Gasteiger partial charge in [0.25, 0.3) is 16.7 Å². The molecule has 0 saturated carbocycles. The van der Waals surface area contributed by atoms with Crippen molar-refractivity contribution in [3.05, 3.63) is 38.3 Å². The van der Waals surface area contributed by atoms with Crippen molar-refractivity contribution in [3.8, 4) is 10.8 Å². The first-order chi connectivity index (χ1) is 15.4. The van der Waals surface area contributed by atoms with E-state index >= 15 is 0 Å². The number of amides is 1. The van der Waals surface area contributed by atoms with E-state index in [0.717, 1.165) is 29.5 Å². The van der Waals surface area contributed by atoms with Crippen LogP contribution in [-0.4, -0.2) is 32.1 Å². The Morgan fingerprint density at radius 1 is 1.31 bits per heavy atom. The number of furan rings is 1. The molecule has 11 heteroatoms. The zero-order valence-corrected chi connectivity index (χ0v) is 19.4. The molecule has 0 spiro atoms. The second-order valence-corrected chi connectivity index (χ2v) is 10.1. The van der Waals surface area contributed by atoms with Gasteiger partial charge >= 0.3 is 0 Å². The lowest BCUT2D eigenvalue weighted by molar-refractivity contribution is -0.113. The number of H-pyrrole nitrogens is 1. The van der Waals surface area contributed by atoms with Crippen LogP contribution in [0, 0.1) is 19.8 Å². The Labute approximate surface area is 191 Å². The molecule has 166 valence electrons. The van der Waals surface area contributed by atoms with Gasteiger partial charge in [-0.2, -0.15) is 5.10 Å². The van der Waals surface area contributed by atoms with Crippen molar-refractivity contribution < 1.29 is 13.6 Å². The summed E-state index contributed by atoms with van der Waals surface area (Å²) < 4.78 is 11.4. The summed E-state index contributed by atoms with van der Waals surface area (Å²) in [5.74, 6) is 1.49. The van der Waals surface area contributed by atoms with Gasteiger partial charge in [-0.15, -0.1) is 21.5 Å². The molecule has 9 nitrogen and oxygen atoms in total. The molecule has 4 aromatic heterocycles. The maximum absolute atomic E-state index is 12.5. The lowest BCUT2D eigenvalue weighted by Crippen LogP contribution is -2.16. The second-order valence-electron chi connectivity index (χ2n) is 7.99. The molecule has 0 aromatic carbocycles. The molecule has 1 amide bonds. The van der Waals surface area contributed by atoms with Crippen LogP contribution in [0.1, 0.15) is 35.2 Å². The molecule has 32 heavy (non-hydrogen) atoms. The van der Waals surface area contributed by atoms with Gasteiger partial charge in [-0.25, -0.2) is 5.10 Å². The van der Waals surface area contributed by atoms with E-state index in [4.69, 9.17) is 8.83 Å². The van der Waals surface area contributed by atoms with Gasteiger partial charge in [0.15, 0.2) is 0 Å². The van der Waals surface area contributed by atoms with Crippen LogP contribution in [-0.2, 0) is 17.6 Å². The fraction of sp³-hybridized carbons (Fsp3) is 0.381. The van der Waals surface area contributed by atoms with Crippen LogP contribution in [0.15, 0.2) is 24.9 Å². The van der Waals surface area contributed by atoms with E-state index in [-0.39, 0.29) is 22.9 Å². The van der Waals surface area contributed by atoms with Gasteiger partial charge < -0.3 is 8.83 Å². The summed E-state index contributed by atoms with van der Waals surface area (Å²) in [5, 5.41) is 18.4. The highest BCUT2D eigenvalue weighted by molar-refractivity contribution is 7.99. The van der Waals surface area contributed by atoms with Gasteiger partial charge in [-0.05, 0) is 50.7 Å². The number of fused-ring (bicyclic) bond motifs is 2. The van der Waals surface area contributed by atoms with E-state index in [1.807, 2.05) is 0 Å². The normalized spacial score (nSPS) is 15.8. The number of aromatic nitrogens is 4.